The van der Waals surface area contributed by atoms with Crippen LogP contribution in [0.5, 0.6) is 11.5 Å². The summed E-state index contributed by atoms with van der Waals surface area (Å²) in [4.78, 5) is 0. The Morgan fingerprint density at radius 1 is 1.00 bits per heavy atom. The van der Waals surface area contributed by atoms with Crippen LogP contribution in [-0.2, 0) is 0 Å². The molecule has 0 saturated heterocycles. The number of nitrogens with one attached hydrogen (secondary N) is 1. The molecule has 0 spiro atoms. The van der Waals surface area contributed by atoms with Crippen molar-refractivity contribution in [1.82, 2.24) is 0 Å². The van der Waals surface area contributed by atoms with Crippen molar-refractivity contribution < 1.29 is 9.47 Å². The highest BCUT2D eigenvalue weighted by Gasteiger charge is 2.05. The molecule has 4 nitrogen and oxygen atoms in total. The quantitative estimate of drug-likeness (QED) is 0.826. The van der Waals surface area contributed by atoms with Crippen LogP contribution >= 0.6 is 0 Å². The summed E-state index contributed by atoms with van der Waals surface area (Å²) >= 11 is 0. The first-order chi connectivity index (χ1) is 9.13. The van der Waals surface area contributed by atoms with Gasteiger partial charge < -0.3 is 20.5 Å². The number of hydrogen-bond acceptors (Lipinski definition) is 4. The number of anilines is 3. The van der Waals surface area contributed by atoms with E-state index in [0.29, 0.717) is 0 Å². The molecule has 0 fully saturated rings. The van der Waals surface area contributed by atoms with E-state index in [1.165, 1.54) is 0 Å². The molecule has 0 aliphatic heterocycles. The van der Waals surface area contributed by atoms with E-state index < -0.39 is 0 Å². The smallest absolute Gasteiger partial charge is 0.124 e. The molecule has 2 rings (SSSR count). The number of para-hydroxylation sites is 1. The SMILES string of the molecule is COc1cc(Nc2cccc(C)c2N)cc(OC)c1. The van der Waals surface area contributed by atoms with E-state index in [1.807, 2.05) is 43.3 Å². The largest absolute Gasteiger partial charge is 0.497 e. The number of nitrogens with two attached hydrogens (primary N) is 1. The highest BCUT2D eigenvalue weighted by molar-refractivity contribution is 5.75. The summed E-state index contributed by atoms with van der Waals surface area (Å²) in [7, 11) is 3.25. The average molecular weight is 258 g/mol. The van der Waals surface area contributed by atoms with E-state index in [9.17, 15) is 0 Å². The summed E-state index contributed by atoms with van der Waals surface area (Å²) in [6, 6.07) is 11.5. The first-order valence-corrected chi connectivity index (χ1v) is 5.99. The van der Waals surface area contributed by atoms with E-state index in [1.54, 1.807) is 14.2 Å². The fourth-order valence-corrected chi connectivity index (χ4v) is 1.82. The molecule has 0 atom stereocenters. The fraction of sp³-hybridized carbons (Fsp3) is 0.200. The number of benzene rings is 2. The molecule has 0 bridgehead atoms. The Morgan fingerprint density at radius 2 is 1.63 bits per heavy atom. The van der Waals surface area contributed by atoms with Crippen LogP contribution in [0.1, 0.15) is 5.56 Å². The van der Waals surface area contributed by atoms with Crippen LogP contribution in [0.4, 0.5) is 17.1 Å². The molecular weight excluding hydrogens is 240 g/mol. The summed E-state index contributed by atoms with van der Waals surface area (Å²) in [5.74, 6) is 1.46. The molecule has 0 unspecified atom stereocenters. The van der Waals surface area contributed by atoms with Crippen molar-refractivity contribution in [2.45, 2.75) is 6.92 Å². The second-order valence-corrected chi connectivity index (χ2v) is 4.26. The van der Waals surface area contributed by atoms with Crippen molar-refractivity contribution in [1.29, 1.82) is 0 Å². The number of nitrogen functional groups attached to an aromatic ring is 1. The van der Waals surface area contributed by atoms with Crippen LogP contribution in [-0.4, -0.2) is 14.2 Å². The van der Waals surface area contributed by atoms with Crippen LogP contribution in [0.15, 0.2) is 36.4 Å². The molecular formula is C15H18N2O2. The Hall–Kier alpha value is -2.36. The van der Waals surface area contributed by atoms with E-state index in [4.69, 9.17) is 15.2 Å². The maximum Gasteiger partial charge on any atom is 0.124 e. The number of aryl methyl sites for hydroxylation is 1. The van der Waals surface area contributed by atoms with Crippen molar-refractivity contribution in [2.24, 2.45) is 0 Å². The monoisotopic (exact) mass is 258 g/mol. The van der Waals surface area contributed by atoms with Gasteiger partial charge in [-0.1, -0.05) is 12.1 Å². The topological polar surface area (TPSA) is 56.5 Å². The van der Waals surface area contributed by atoms with Crippen molar-refractivity contribution in [3.8, 4) is 11.5 Å². The lowest BCUT2D eigenvalue weighted by Gasteiger charge is -2.13. The molecule has 19 heavy (non-hydrogen) atoms. The van der Waals surface area contributed by atoms with E-state index in [-0.39, 0.29) is 0 Å². The molecule has 2 aromatic rings. The molecule has 4 heteroatoms. The van der Waals surface area contributed by atoms with Gasteiger partial charge in [0.2, 0.25) is 0 Å². The highest BCUT2D eigenvalue weighted by atomic mass is 16.5. The number of rotatable bonds is 4. The van der Waals surface area contributed by atoms with Gasteiger partial charge in [0.15, 0.2) is 0 Å². The van der Waals surface area contributed by atoms with Gasteiger partial charge >= 0.3 is 0 Å². The molecule has 100 valence electrons. The third kappa shape index (κ3) is 2.91. The standard InChI is InChI=1S/C15H18N2O2/c1-10-5-4-6-14(15(10)16)17-11-7-12(18-2)9-13(8-11)19-3/h4-9,17H,16H2,1-3H3. The summed E-state index contributed by atoms with van der Waals surface area (Å²) in [6.45, 7) is 1.98. The van der Waals surface area contributed by atoms with Gasteiger partial charge in [0.1, 0.15) is 11.5 Å². The molecule has 3 N–H and O–H groups in total. The second-order valence-electron chi connectivity index (χ2n) is 4.26. The summed E-state index contributed by atoms with van der Waals surface area (Å²) in [6.07, 6.45) is 0. The average Bonchev–Trinajstić information content (AvgIpc) is 2.43. The van der Waals surface area contributed by atoms with Crippen LogP contribution in [0.3, 0.4) is 0 Å². The summed E-state index contributed by atoms with van der Waals surface area (Å²) in [5.41, 5.74) is 9.57. The Morgan fingerprint density at radius 3 is 2.21 bits per heavy atom. The minimum absolute atomic E-state index is 0.730. The molecule has 0 saturated carbocycles. The normalized spacial score (nSPS) is 10.1. The third-order valence-electron chi connectivity index (χ3n) is 2.95. The lowest BCUT2D eigenvalue weighted by Crippen LogP contribution is -1.99. The van der Waals surface area contributed by atoms with Crippen molar-refractivity contribution >= 4 is 17.1 Å². The molecule has 0 radical (unpaired) electrons. The number of hydrogen-bond donors (Lipinski definition) is 2. The third-order valence-corrected chi connectivity index (χ3v) is 2.95. The maximum atomic E-state index is 6.05. The van der Waals surface area contributed by atoms with Crippen molar-refractivity contribution in [3.05, 3.63) is 42.0 Å². The van der Waals surface area contributed by atoms with Crippen LogP contribution < -0.4 is 20.5 Å². The lowest BCUT2D eigenvalue weighted by atomic mass is 10.1. The molecule has 2 aromatic carbocycles. The maximum absolute atomic E-state index is 6.05. The minimum atomic E-state index is 0.730. The Kier molecular flexibility index (Phi) is 3.80. The highest BCUT2D eigenvalue weighted by Crippen LogP contribution is 2.30. The van der Waals surface area contributed by atoms with Gasteiger partial charge in [-0.25, -0.2) is 0 Å². The Balaban J connectivity index is 2.34. The van der Waals surface area contributed by atoms with Crippen LogP contribution in [0.2, 0.25) is 0 Å². The number of methoxy groups -OCH3 is 2. The predicted octanol–water partition coefficient (Wildman–Crippen LogP) is 3.34. The van der Waals surface area contributed by atoms with Crippen LogP contribution in [0, 0.1) is 6.92 Å². The summed E-state index contributed by atoms with van der Waals surface area (Å²) < 4.78 is 10.5. The van der Waals surface area contributed by atoms with Gasteiger partial charge in [0.25, 0.3) is 0 Å². The van der Waals surface area contributed by atoms with Gasteiger partial charge in [-0.05, 0) is 18.6 Å². The Bertz CT molecular complexity index is 560. The van der Waals surface area contributed by atoms with Crippen molar-refractivity contribution in [3.63, 3.8) is 0 Å². The predicted molar refractivity (Wildman–Crippen MR) is 78.4 cm³/mol. The van der Waals surface area contributed by atoms with Gasteiger partial charge in [0.05, 0.1) is 25.6 Å². The van der Waals surface area contributed by atoms with Crippen LogP contribution in [0.25, 0.3) is 0 Å². The zero-order valence-electron chi connectivity index (χ0n) is 11.4. The number of ether oxygens (including phenoxy) is 2. The molecule has 0 aliphatic carbocycles. The molecule has 0 heterocycles. The van der Waals surface area contributed by atoms with E-state index in [2.05, 4.69) is 5.32 Å². The minimum Gasteiger partial charge on any atom is -0.497 e. The first-order valence-electron chi connectivity index (χ1n) is 5.99. The second kappa shape index (κ2) is 5.52. The first kappa shape index (κ1) is 13.1. The van der Waals surface area contributed by atoms with Gasteiger partial charge in [-0.2, -0.15) is 0 Å². The molecule has 0 aliphatic rings. The zero-order valence-corrected chi connectivity index (χ0v) is 11.4. The van der Waals surface area contributed by atoms with E-state index in [0.717, 1.165) is 34.1 Å². The van der Waals surface area contributed by atoms with Gasteiger partial charge in [-0.3, -0.25) is 0 Å². The van der Waals surface area contributed by atoms with Gasteiger partial charge in [0, 0.05) is 23.9 Å². The lowest BCUT2D eigenvalue weighted by molar-refractivity contribution is 0.395. The summed E-state index contributed by atoms with van der Waals surface area (Å²) in [5, 5.41) is 3.28. The fourth-order valence-electron chi connectivity index (χ4n) is 1.82. The molecule has 0 aromatic heterocycles. The van der Waals surface area contributed by atoms with E-state index >= 15 is 0 Å². The Labute approximate surface area is 113 Å². The van der Waals surface area contributed by atoms with Crippen molar-refractivity contribution in [2.75, 3.05) is 25.3 Å². The van der Waals surface area contributed by atoms with Gasteiger partial charge in [-0.15, -0.1) is 0 Å². The molecule has 0 amide bonds. The zero-order chi connectivity index (χ0) is 13.8.